The lowest BCUT2D eigenvalue weighted by atomic mass is 10.2. The van der Waals surface area contributed by atoms with E-state index < -0.39 is 0 Å². The maximum absolute atomic E-state index is 6.17. The summed E-state index contributed by atoms with van der Waals surface area (Å²) in [6, 6.07) is 15.5. The van der Waals surface area contributed by atoms with E-state index in [0.29, 0.717) is 23.2 Å². The van der Waals surface area contributed by atoms with Crippen LogP contribution in [0.2, 0.25) is 0 Å². The van der Waals surface area contributed by atoms with Crippen molar-refractivity contribution in [1.82, 2.24) is 24.7 Å². The number of aromatic nitrogens is 5. The van der Waals surface area contributed by atoms with E-state index in [9.17, 15) is 0 Å². The van der Waals surface area contributed by atoms with E-state index in [4.69, 9.17) is 31.8 Å². The van der Waals surface area contributed by atoms with E-state index in [1.807, 2.05) is 60.0 Å². The normalized spacial score (nSPS) is 11.3. The molecule has 0 radical (unpaired) electrons. The highest BCUT2D eigenvalue weighted by molar-refractivity contribution is 6.17. The average Bonchev–Trinajstić information content (AvgIpc) is 3.37. The number of halogens is 1. The molecule has 5 aromatic rings. The third-order valence-electron chi connectivity index (χ3n) is 4.96. The van der Waals surface area contributed by atoms with Crippen molar-refractivity contribution >= 4 is 28.6 Å². The van der Waals surface area contributed by atoms with Crippen LogP contribution in [0.1, 0.15) is 11.3 Å². The summed E-state index contributed by atoms with van der Waals surface area (Å²) < 4.78 is 7.07. The van der Waals surface area contributed by atoms with Gasteiger partial charge in [0.15, 0.2) is 11.5 Å². The highest BCUT2D eigenvalue weighted by Gasteiger charge is 2.19. The number of nitrogen functional groups attached to an aromatic ring is 1. The molecule has 0 fully saturated rings. The van der Waals surface area contributed by atoms with Gasteiger partial charge in [0.2, 0.25) is 0 Å². The minimum absolute atomic E-state index is 0.404. The Bertz CT molecular complexity index is 1360. The second kappa shape index (κ2) is 7.27. The molecule has 8 heteroatoms. The fraction of sp³-hybridized carbons (Fsp3) is 0.0909. The Hall–Kier alpha value is -3.71. The first-order valence-corrected chi connectivity index (χ1v) is 9.86. The predicted molar refractivity (Wildman–Crippen MR) is 116 cm³/mol. The van der Waals surface area contributed by atoms with Gasteiger partial charge in [-0.15, -0.1) is 11.6 Å². The van der Waals surface area contributed by atoms with Gasteiger partial charge in [0.1, 0.15) is 17.6 Å². The molecule has 0 atom stereocenters. The molecule has 30 heavy (non-hydrogen) atoms. The van der Waals surface area contributed by atoms with Gasteiger partial charge in [-0.25, -0.2) is 15.0 Å². The summed E-state index contributed by atoms with van der Waals surface area (Å²) in [6.45, 7) is 1.88. The molecular formula is C22H17ClN6O. The lowest BCUT2D eigenvalue weighted by Crippen LogP contribution is -2.02. The molecule has 0 aliphatic rings. The van der Waals surface area contributed by atoms with Crippen LogP contribution in [0.3, 0.4) is 0 Å². The van der Waals surface area contributed by atoms with Crippen LogP contribution in [0.5, 0.6) is 0 Å². The van der Waals surface area contributed by atoms with Crippen molar-refractivity contribution in [1.29, 1.82) is 0 Å². The van der Waals surface area contributed by atoms with Crippen molar-refractivity contribution in [2.75, 3.05) is 5.73 Å². The molecule has 1 aromatic carbocycles. The largest absolute Gasteiger partial charge is 0.383 e. The SMILES string of the molecule is Cc1nocc1-c1ccc2nc(-c3cccnc3N)n(-c3ccc(CCl)cc3)c2n1. The van der Waals surface area contributed by atoms with Crippen molar-refractivity contribution < 1.29 is 4.52 Å². The van der Waals surface area contributed by atoms with Crippen molar-refractivity contribution in [3.63, 3.8) is 0 Å². The van der Waals surface area contributed by atoms with Gasteiger partial charge in [0.05, 0.1) is 22.5 Å². The zero-order valence-electron chi connectivity index (χ0n) is 16.1. The van der Waals surface area contributed by atoms with Crippen molar-refractivity contribution in [3.05, 3.63) is 72.2 Å². The number of hydrogen-bond donors (Lipinski definition) is 1. The summed E-state index contributed by atoms with van der Waals surface area (Å²) in [4.78, 5) is 13.9. The Labute approximate surface area is 177 Å². The first kappa shape index (κ1) is 18.3. The molecular weight excluding hydrogens is 400 g/mol. The van der Waals surface area contributed by atoms with E-state index in [0.717, 1.165) is 39.3 Å². The van der Waals surface area contributed by atoms with Crippen LogP contribution < -0.4 is 5.73 Å². The Morgan fingerprint density at radius 3 is 2.57 bits per heavy atom. The second-order valence-corrected chi connectivity index (χ2v) is 7.13. The van der Waals surface area contributed by atoms with Crippen LogP contribution in [0, 0.1) is 6.92 Å². The summed E-state index contributed by atoms with van der Waals surface area (Å²) in [5.41, 5.74) is 12.6. The lowest BCUT2D eigenvalue weighted by Gasteiger charge is -2.11. The van der Waals surface area contributed by atoms with E-state index in [1.54, 1.807) is 12.5 Å². The third kappa shape index (κ3) is 3.00. The number of alkyl halides is 1. The minimum Gasteiger partial charge on any atom is -0.383 e. The van der Waals surface area contributed by atoms with Crippen LogP contribution in [-0.2, 0) is 5.88 Å². The second-order valence-electron chi connectivity index (χ2n) is 6.86. The number of imidazole rings is 1. The summed E-state index contributed by atoms with van der Waals surface area (Å²) in [5, 5.41) is 3.96. The fourth-order valence-electron chi connectivity index (χ4n) is 3.41. The van der Waals surface area contributed by atoms with Crippen LogP contribution in [0.25, 0.3) is 39.5 Å². The number of rotatable bonds is 4. The quantitative estimate of drug-likeness (QED) is 0.424. The number of nitrogens with two attached hydrogens (primary N) is 1. The van der Waals surface area contributed by atoms with Gasteiger partial charge in [0.25, 0.3) is 0 Å². The Kier molecular flexibility index (Phi) is 4.44. The van der Waals surface area contributed by atoms with Crippen LogP contribution in [0.15, 0.2) is 65.5 Å². The highest BCUT2D eigenvalue weighted by Crippen LogP contribution is 2.32. The van der Waals surface area contributed by atoms with E-state index in [1.165, 1.54) is 0 Å². The van der Waals surface area contributed by atoms with Crippen LogP contribution in [-0.4, -0.2) is 24.7 Å². The Balaban J connectivity index is 1.80. The highest BCUT2D eigenvalue weighted by atomic mass is 35.5. The number of nitrogens with zero attached hydrogens (tertiary/aromatic N) is 5. The lowest BCUT2D eigenvalue weighted by molar-refractivity contribution is 0.415. The maximum atomic E-state index is 6.17. The number of benzene rings is 1. The first-order valence-electron chi connectivity index (χ1n) is 9.32. The van der Waals surface area contributed by atoms with Crippen molar-refractivity contribution in [3.8, 4) is 28.3 Å². The maximum Gasteiger partial charge on any atom is 0.165 e. The molecule has 0 bridgehead atoms. The molecule has 0 amide bonds. The van der Waals surface area contributed by atoms with Crippen LogP contribution >= 0.6 is 11.6 Å². The molecule has 2 N–H and O–H groups in total. The average molecular weight is 417 g/mol. The van der Waals surface area contributed by atoms with E-state index >= 15 is 0 Å². The number of aryl methyl sites for hydroxylation is 1. The van der Waals surface area contributed by atoms with E-state index in [2.05, 4.69) is 10.1 Å². The van der Waals surface area contributed by atoms with Gasteiger partial charge in [-0.2, -0.15) is 0 Å². The van der Waals surface area contributed by atoms with Gasteiger partial charge < -0.3 is 10.3 Å². The molecule has 0 spiro atoms. The standard InChI is InChI=1S/C22H17ClN6O/c1-13-17(12-30-28-13)18-8-9-19-22(26-18)29(15-6-4-14(11-23)5-7-15)21(27-19)16-3-2-10-25-20(16)24/h2-10,12H,11H2,1H3,(H2,24,25). The summed E-state index contributed by atoms with van der Waals surface area (Å²) in [6.07, 6.45) is 3.26. The number of pyridine rings is 2. The molecule has 0 saturated heterocycles. The van der Waals surface area contributed by atoms with Crippen LogP contribution in [0.4, 0.5) is 5.82 Å². The number of anilines is 1. The van der Waals surface area contributed by atoms with Gasteiger partial charge in [-0.05, 0) is 48.9 Å². The van der Waals surface area contributed by atoms with Crippen molar-refractivity contribution in [2.24, 2.45) is 0 Å². The molecule has 0 aliphatic carbocycles. The Morgan fingerprint density at radius 2 is 1.87 bits per heavy atom. The molecule has 7 nitrogen and oxygen atoms in total. The first-order chi connectivity index (χ1) is 14.7. The smallest absolute Gasteiger partial charge is 0.165 e. The summed E-state index contributed by atoms with van der Waals surface area (Å²) in [7, 11) is 0. The molecule has 0 unspecified atom stereocenters. The number of fused-ring (bicyclic) bond motifs is 1. The van der Waals surface area contributed by atoms with Gasteiger partial charge in [0, 0.05) is 17.8 Å². The van der Waals surface area contributed by atoms with Gasteiger partial charge in [-0.1, -0.05) is 17.3 Å². The zero-order valence-corrected chi connectivity index (χ0v) is 16.8. The molecule has 5 rings (SSSR count). The third-order valence-corrected chi connectivity index (χ3v) is 5.27. The molecule has 0 aliphatic heterocycles. The molecule has 148 valence electrons. The minimum atomic E-state index is 0.404. The monoisotopic (exact) mass is 416 g/mol. The molecule has 4 heterocycles. The van der Waals surface area contributed by atoms with Gasteiger partial charge >= 0.3 is 0 Å². The molecule has 4 aromatic heterocycles. The van der Waals surface area contributed by atoms with E-state index in [-0.39, 0.29) is 0 Å². The van der Waals surface area contributed by atoms with Crippen molar-refractivity contribution in [2.45, 2.75) is 12.8 Å². The summed E-state index contributed by atoms with van der Waals surface area (Å²) in [5.74, 6) is 1.52. The zero-order chi connectivity index (χ0) is 20.7. The predicted octanol–water partition coefficient (Wildman–Crippen LogP) is 4.77. The topological polar surface area (TPSA) is 95.6 Å². The summed E-state index contributed by atoms with van der Waals surface area (Å²) >= 11 is 5.97. The Morgan fingerprint density at radius 1 is 1.03 bits per heavy atom. The molecule has 0 saturated carbocycles. The fourth-order valence-corrected chi connectivity index (χ4v) is 3.59. The van der Waals surface area contributed by atoms with Gasteiger partial charge in [-0.3, -0.25) is 4.57 Å². The number of hydrogen-bond acceptors (Lipinski definition) is 6.